The second-order valence-corrected chi connectivity index (χ2v) is 4.99. The molecule has 0 fully saturated rings. The topological polar surface area (TPSA) is 70.7 Å². The van der Waals surface area contributed by atoms with Crippen molar-refractivity contribution < 1.29 is 9.18 Å². The number of benzene rings is 1. The fourth-order valence-corrected chi connectivity index (χ4v) is 2.03. The van der Waals surface area contributed by atoms with Crippen molar-refractivity contribution in [2.24, 2.45) is 0 Å². The van der Waals surface area contributed by atoms with E-state index in [0.717, 1.165) is 6.07 Å². The van der Waals surface area contributed by atoms with Gasteiger partial charge in [-0.05, 0) is 18.2 Å². The highest BCUT2D eigenvalue weighted by Crippen LogP contribution is 2.21. The zero-order valence-corrected chi connectivity index (χ0v) is 11.8. The maximum atomic E-state index is 13.3. The van der Waals surface area contributed by atoms with Crippen molar-refractivity contribution >= 4 is 45.8 Å². The van der Waals surface area contributed by atoms with Crippen LogP contribution in [-0.2, 0) is 0 Å². The van der Waals surface area contributed by atoms with Gasteiger partial charge in [0.05, 0.1) is 27.9 Å². The van der Waals surface area contributed by atoms with Gasteiger partial charge in [0.1, 0.15) is 11.0 Å². The fraction of sp³-hybridized carbons (Fsp3) is 0. The van der Waals surface area contributed by atoms with Crippen LogP contribution in [0.5, 0.6) is 0 Å². The SMILES string of the molecule is O=C(Nc1ccc(Cl)nc1)c1nc2cc(F)c(Cl)cc2[nH]1. The van der Waals surface area contributed by atoms with E-state index in [0.29, 0.717) is 21.9 Å². The van der Waals surface area contributed by atoms with Gasteiger partial charge in [-0.2, -0.15) is 0 Å². The van der Waals surface area contributed by atoms with Crippen LogP contribution in [0.1, 0.15) is 10.6 Å². The molecule has 2 aromatic heterocycles. The molecule has 0 aliphatic rings. The Balaban J connectivity index is 1.89. The Morgan fingerprint density at radius 3 is 2.81 bits per heavy atom. The van der Waals surface area contributed by atoms with Crippen molar-refractivity contribution in [3.63, 3.8) is 0 Å². The first-order valence-electron chi connectivity index (χ1n) is 5.80. The van der Waals surface area contributed by atoms with Crippen LogP contribution >= 0.6 is 23.2 Å². The van der Waals surface area contributed by atoms with Crippen LogP contribution in [0.3, 0.4) is 0 Å². The summed E-state index contributed by atoms with van der Waals surface area (Å²) in [7, 11) is 0. The predicted molar refractivity (Wildman–Crippen MR) is 78.3 cm³/mol. The van der Waals surface area contributed by atoms with E-state index in [9.17, 15) is 9.18 Å². The maximum Gasteiger partial charge on any atom is 0.291 e. The summed E-state index contributed by atoms with van der Waals surface area (Å²) in [6, 6.07) is 5.69. The lowest BCUT2D eigenvalue weighted by molar-refractivity contribution is 0.101. The molecule has 0 unspecified atom stereocenters. The number of nitrogens with one attached hydrogen (secondary N) is 2. The second-order valence-electron chi connectivity index (χ2n) is 4.19. The quantitative estimate of drug-likeness (QED) is 0.707. The number of fused-ring (bicyclic) bond motifs is 1. The number of halogens is 3. The molecule has 0 spiro atoms. The fourth-order valence-electron chi connectivity index (χ4n) is 1.75. The first kappa shape index (κ1) is 13.8. The van der Waals surface area contributed by atoms with E-state index in [-0.39, 0.29) is 10.8 Å². The molecule has 106 valence electrons. The number of nitrogens with zero attached hydrogens (tertiary/aromatic N) is 2. The van der Waals surface area contributed by atoms with Crippen LogP contribution in [0, 0.1) is 5.82 Å². The summed E-state index contributed by atoms with van der Waals surface area (Å²) in [6.45, 7) is 0. The van der Waals surface area contributed by atoms with Gasteiger partial charge in [0, 0.05) is 6.07 Å². The van der Waals surface area contributed by atoms with Gasteiger partial charge in [-0.3, -0.25) is 4.79 Å². The molecule has 1 amide bonds. The highest BCUT2D eigenvalue weighted by molar-refractivity contribution is 6.31. The average Bonchev–Trinajstić information content (AvgIpc) is 2.85. The normalized spacial score (nSPS) is 10.8. The van der Waals surface area contributed by atoms with Gasteiger partial charge >= 0.3 is 0 Å². The molecule has 3 rings (SSSR count). The standard InChI is InChI=1S/C13H7Cl2FN4O/c14-7-3-9-10(4-8(7)16)20-12(19-9)13(21)18-6-1-2-11(15)17-5-6/h1-5H,(H,18,21)(H,19,20). The molecule has 0 saturated carbocycles. The molecule has 21 heavy (non-hydrogen) atoms. The highest BCUT2D eigenvalue weighted by atomic mass is 35.5. The summed E-state index contributed by atoms with van der Waals surface area (Å²) in [5.41, 5.74) is 1.26. The van der Waals surface area contributed by atoms with Gasteiger partial charge in [-0.1, -0.05) is 23.2 Å². The largest absolute Gasteiger partial charge is 0.334 e. The minimum absolute atomic E-state index is 0.0417. The van der Waals surface area contributed by atoms with Gasteiger partial charge in [0.25, 0.3) is 5.91 Å². The number of pyridine rings is 1. The van der Waals surface area contributed by atoms with Gasteiger partial charge in [0.2, 0.25) is 0 Å². The van der Waals surface area contributed by atoms with Crippen molar-refractivity contribution in [1.82, 2.24) is 15.0 Å². The number of hydrogen-bond donors (Lipinski definition) is 2. The van der Waals surface area contributed by atoms with Crippen LogP contribution in [0.4, 0.5) is 10.1 Å². The Labute approximate surface area is 128 Å². The molecule has 5 nitrogen and oxygen atoms in total. The number of aromatic amines is 1. The number of carbonyl (C=O) groups excluding carboxylic acids is 1. The van der Waals surface area contributed by atoms with Gasteiger partial charge in [-0.15, -0.1) is 0 Å². The first-order valence-corrected chi connectivity index (χ1v) is 6.56. The predicted octanol–water partition coefficient (Wildman–Crippen LogP) is 3.66. The highest BCUT2D eigenvalue weighted by Gasteiger charge is 2.13. The van der Waals surface area contributed by atoms with Crippen molar-refractivity contribution in [1.29, 1.82) is 0 Å². The van der Waals surface area contributed by atoms with E-state index < -0.39 is 11.7 Å². The smallest absolute Gasteiger partial charge is 0.291 e. The number of rotatable bonds is 2. The van der Waals surface area contributed by atoms with E-state index in [4.69, 9.17) is 23.2 Å². The minimum Gasteiger partial charge on any atom is -0.334 e. The third-order valence-electron chi connectivity index (χ3n) is 2.72. The molecule has 2 N–H and O–H groups in total. The number of imidazole rings is 1. The van der Waals surface area contributed by atoms with E-state index >= 15 is 0 Å². The summed E-state index contributed by atoms with van der Waals surface area (Å²) >= 11 is 11.3. The van der Waals surface area contributed by atoms with Gasteiger partial charge in [-0.25, -0.2) is 14.4 Å². The molecule has 0 atom stereocenters. The number of H-pyrrole nitrogens is 1. The molecule has 0 bridgehead atoms. The Kier molecular flexibility index (Phi) is 3.48. The molecule has 0 aliphatic carbocycles. The lowest BCUT2D eigenvalue weighted by Gasteiger charge is -2.01. The monoisotopic (exact) mass is 324 g/mol. The molecular formula is C13H7Cl2FN4O. The number of hydrogen-bond acceptors (Lipinski definition) is 3. The Hall–Kier alpha value is -2.18. The lowest BCUT2D eigenvalue weighted by Crippen LogP contribution is -2.13. The Morgan fingerprint density at radius 2 is 2.10 bits per heavy atom. The maximum absolute atomic E-state index is 13.3. The molecular weight excluding hydrogens is 318 g/mol. The molecule has 8 heteroatoms. The zero-order chi connectivity index (χ0) is 15.0. The van der Waals surface area contributed by atoms with E-state index in [2.05, 4.69) is 20.3 Å². The number of aromatic nitrogens is 3. The molecule has 0 radical (unpaired) electrons. The van der Waals surface area contributed by atoms with Crippen LogP contribution in [-0.4, -0.2) is 20.9 Å². The van der Waals surface area contributed by atoms with Gasteiger partial charge < -0.3 is 10.3 Å². The number of anilines is 1. The third-order valence-corrected chi connectivity index (χ3v) is 3.24. The lowest BCUT2D eigenvalue weighted by atomic mass is 10.3. The molecule has 0 saturated heterocycles. The Bertz CT molecular complexity index is 793. The van der Waals surface area contributed by atoms with E-state index in [1.54, 1.807) is 12.1 Å². The second kappa shape index (κ2) is 5.31. The van der Waals surface area contributed by atoms with Crippen LogP contribution in [0.2, 0.25) is 10.2 Å². The summed E-state index contributed by atoms with van der Waals surface area (Å²) in [5.74, 6) is -1.03. The number of carbonyl (C=O) groups is 1. The summed E-state index contributed by atoms with van der Waals surface area (Å²) < 4.78 is 13.3. The van der Waals surface area contributed by atoms with Crippen LogP contribution < -0.4 is 5.32 Å². The van der Waals surface area contributed by atoms with Crippen molar-refractivity contribution in [3.05, 3.63) is 52.3 Å². The third kappa shape index (κ3) is 2.81. The summed E-state index contributed by atoms with van der Waals surface area (Å²) in [6.07, 6.45) is 1.42. The van der Waals surface area contributed by atoms with Crippen molar-refractivity contribution in [2.75, 3.05) is 5.32 Å². The zero-order valence-electron chi connectivity index (χ0n) is 10.3. The first-order chi connectivity index (χ1) is 10.0. The van der Waals surface area contributed by atoms with Gasteiger partial charge in [0.15, 0.2) is 5.82 Å². The van der Waals surface area contributed by atoms with Crippen molar-refractivity contribution in [3.8, 4) is 0 Å². The van der Waals surface area contributed by atoms with E-state index in [1.807, 2.05) is 0 Å². The summed E-state index contributed by atoms with van der Waals surface area (Å²) in [5, 5.41) is 2.87. The van der Waals surface area contributed by atoms with Crippen LogP contribution in [0.25, 0.3) is 11.0 Å². The van der Waals surface area contributed by atoms with Crippen molar-refractivity contribution in [2.45, 2.75) is 0 Å². The molecule has 0 aliphatic heterocycles. The minimum atomic E-state index is -0.593. The average molecular weight is 325 g/mol. The summed E-state index contributed by atoms with van der Waals surface area (Å²) in [4.78, 5) is 22.7. The van der Waals surface area contributed by atoms with E-state index in [1.165, 1.54) is 12.3 Å². The van der Waals surface area contributed by atoms with Crippen LogP contribution in [0.15, 0.2) is 30.5 Å². The number of amides is 1. The molecule has 3 aromatic rings. The Morgan fingerprint density at radius 1 is 1.29 bits per heavy atom. The molecule has 2 heterocycles. The molecule has 1 aromatic carbocycles.